The van der Waals surface area contributed by atoms with Gasteiger partial charge in [-0.3, -0.25) is 4.68 Å². The maximum atomic E-state index is 9.26. The van der Waals surface area contributed by atoms with Gasteiger partial charge in [0.2, 0.25) is 0 Å². The largest absolute Gasteiger partial charge is 0.504 e. The van der Waals surface area contributed by atoms with Crippen LogP contribution in [0.5, 0.6) is 5.75 Å². The lowest BCUT2D eigenvalue weighted by Gasteiger charge is -1.97. The van der Waals surface area contributed by atoms with Crippen molar-refractivity contribution in [3.05, 3.63) is 11.9 Å². The van der Waals surface area contributed by atoms with Crippen molar-refractivity contribution >= 4 is 0 Å². The van der Waals surface area contributed by atoms with Crippen LogP contribution >= 0.6 is 0 Å². The Bertz CT molecular complexity index is 231. The molecule has 1 aliphatic rings. The zero-order chi connectivity index (χ0) is 7.14. The normalized spacial score (nSPS) is 17.7. The van der Waals surface area contributed by atoms with Gasteiger partial charge in [-0.15, -0.1) is 0 Å². The van der Waals surface area contributed by atoms with Crippen LogP contribution in [0, 0.1) is 0 Å². The molecule has 1 aromatic rings. The zero-order valence-electron chi connectivity index (χ0n) is 5.91. The first-order valence-electron chi connectivity index (χ1n) is 3.50. The number of hydrogen-bond acceptors (Lipinski definition) is 2. The summed E-state index contributed by atoms with van der Waals surface area (Å²) in [5, 5.41) is 13.2. The minimum absolute atomic E-state index is 0.352. The van der Waals surface area contributed by atoms with Gasteiger partial charge in [0.1, 0.15) is 0 Å². The molecule has 0 unspecified atom stereocenters. The van der Waals surface area contributed by atoms with Gasteiger partial charge in [0.05, 0.1) is 11.9 Å². The van der Waals surface area contributed by atoms with Gasteiger partial charge in [0, 0.05) is 13.0 Å². The van der Waals surface area contributed by atoms with Gasteiger partial charge in [-0.05, 0) is 12.8 Å². The van der Waals surface area contributed by atoms with E-state index in [0.717, 1.165) is 5.69 Å². The van der Waals surface area contributed by atoms with Gasteiger partial charge in [-0.2, -0.15) is 5.10 Å². The molecule has 1 saturated carbocycles. The molecule has 54 valence electrons. The van der Waals surface area contributed by atoms with Crippen LogP contribution in [0.2, 0.25) is 0 Å². The van der Waals surface area contributed by atoms with E-state index in [9.17, 15) is 5.11 Å². The molecule has 1 heterocycles. The molecular weight excluding hydrogens is 128 g/mol. The van der Waals surface area contributed by atoms with Gasteiger partial charge in [-0.1, -0.05) is 0 Å². The molecular formula is C7H10N2O. The molecule has 3 nitrogen and oxygen atoms in total. The molecule has 0 aliphatic heterocycles. The summed E-state index contributed by atoms with van der Waals surface area (Å²) in [6, 6.07) is 0. The molecule has 0 amide bonds. The quantitative estimate of drug-likeness (QED) is 0.628. The first-order valence-corrected chi connectivity index (χ1v) is 3.50. The first kappa shape index (κ1) is 5.77. The summed E-state index contributed by atoms with van der Waals surface area (Å²) in [5.41, 5.74) is 1.00. The Hall–Kier alpha value is -0.990. The highest BCUT2D eigenvalue weighted by Crippen LogP contribution is 2.43. The van der Waals surface area contributed by atoms with Crippen molar-refractivity contribution in [3.63, 3.8) is 0 Å². The molecule has 0 bridgehead atoms. The van der Waals surface area contributed by atoms with E-state index in [0.29, 0.717) is 11.7 Å². The topological polar surface area (TPSA) is 38.0 Å². The summed E-state index contributed by atoms with van der Waals surface area (Å²) in [7, 11) is 1.87. The van der Waals surface area contributed by atoms with Crippen LogP contribution in [0.25, 0.3) is 0 Å². The third kappa shape index (κ3) is 0.701. The fourth-order valence-corrected chi connectivity index (χ4v) is 1.27. The Labute approximate surface area is 59.3 Å². The third-order valence-corrected chi connectivity index (χ3v) is 1.93. The van der Waals surface area contributed by atoms with E-state index in [4.69, 9.17) is 0 Å². The number of aromatic nitrogens is 2. The summed E-state index contributed by atoms with van der Waals surface area (Å²) >= 11 is 0. The average molecular weight is 138 g/mol. The van der Waals surface area contributed by atoms with Gasteiger partial charge in [0.25, 0.3) is 0 Å². The maximum Gasteiger partial charge on any atom is 0.157 e. The molecule has 0 aromatic carbocycles. The molecule has 3 heteroatoms. The second kappa shape index (κ2) is 1.75. The Kier molecular flexibility index (Phi) is 1.01. The standard InChI is InChI=1S/C7H10N2O/c1-9-7(5-2-3-5)6(10)4-8-9/h4-5,10H,2-3H2,1H3. The smallest absolute Gasteiger partial charge is 0.157 e. The van der Waals surface area contributed by atoms with E-state index in [1.54, 1.807) is 4.68 Å². The van der Waals surface area contributed by atoms with Gasteiger partial charge in [-0.25, -0.2) is 0 Å². The molecule has 10 heavy (non-hydrogen) atoms. The van der Waals surface area contributed by atoms with E-state index in [1.165, 1.54) is 19.0 Å². The van der Waals surface area contributed by atoms with Crippen LogP contribution in [0.4, 0.5) is 0 Å². The van der Waals surface area contributed by atoms with Crippen LogP contribution in [-0.2, 0) is 7.05 Å². The number of nitrogens with zero attached hydrogens (tertiary/aromatic N) is 2. The Balaban J connectivity index is 2.44. The van der Waals surface area contributed by atoms with E-state index < -0.39 is 0 Å². The monoisotopic (exact) mass is 138 g/mol. The van der Waals surface area contributed by atoms with Crippen molar-refractivity contribution in [3.8, 4) is 5.75 Å². The van der Waals surface area contributed by atoms with E-state index in [2.05, 4.69) is 5.10 Å². The van der Waals surface area contributed by atoms with Gasteiger partial charge in [0.15, 0.2) is 5.75 Å². The number of rotatable bonds is 1. The molecule has 0 radical (unpaired) electrons. The second-order valence-electron chi connectivity index (χ2n) is 2.81. The van der Waals surface area contributed by atoms with Crippen molar-refractivity contribution in [1.82, 2.24) is 9.78 Å². The predicted octanol–water partition coefficient (Wildman–Crippen LogP) is 1.00. The zero-order valence-corrected chi connectivity index (χ0v) is 5.91. The number of hydrogen-bond donors (Lipinski definition) is 1. The van der Waals surface area contributed by atoms with Crippen molar-refractivity contribution in [1.29, 1.82) is 0 Å². The molecule has 0 spiro atoms. The average Bonchev–Trinajstić information content (AvgIpc) is 2.64. The molecule has 1 N–H and O–H groups in total. The van der Waals surface area contributed by atoms with Crippen molar-refractivity contribution in [2.24, 2.45) is 7.05 Å². The summed E-state index contributed by atoms with van der Waals surface area (Å²) in [4.78, 5) is 0. The molecule has 1 aliphatic carbocycles. The minimum Gasteiger partial charge on any atom is -0.504 e. The van der Waals surface area contributed by atoms with Crippen LogP contribution in [0.1, 0.15) is 24.5 Å². The lowest BCUT2D eigenvalue weighted by Crippen LogP contribution is -1.95. The molecule has 1 aromatic heterocycles. The van der Waals surface area contributed by atoms with Gasteiger partial charge < -0.3 is 5.11 Å². The fraction of sp³-hybridized carbons (Fsp3) is 0.571. The molecule has 2 rings (SSSR count). The number of aryl methyl sites for hydroxylation is 1. The summed E-state index contributed by atoms with van der Waals surface area (Å²) in [5.74, 6) is 0.928. The summed E-state index contributed by atoms with van der Waals surface area (Å²) in [6.45, 7) is 0. The molecule has 0 atom stereocenters. The van der Waals surface area contributed by atoms with E-state index in [-0.39, 0.29) is 0 Å². The minimum atomic E-state index is 0.352. The molecule has 0 saturated heterocycles. The lowest BCUT2D eigenvalue weighted by molar-refractivity contribution is 0.466. The summed E-state index contributed by atoms with van der Waals surface area (Å²) in [6.07, 6.45) is 3.91. The first-order chi connectivity index (χ1) is 4.79. The Morgan fingerprint density at radius 2 is 2.40 bits per heavy atom. The van der Waals surface area contributed by atoms with Crippen LogP contribution < -0.4 is 0 Å². The highest BCUT2D eigenvalue weighted by molar-refractivity contribution is 5.29. The van der Waals surface area contributed by atoms with Crippen molar-refractivity contribution < 1.29 is 5.11 Å². The SMILES string of the molecule is Cn1ncc(O)c1C1CC1. The van der Waals surface area contributed by atoms with E-state index in [1.807, 2.05) is 7.05 Å². The summed E-state index contributed by atoms with van der Waals surface area (Å²) < 4.78 is 1.76. The van der Waals surface area contributed by atoms with Gasteiger partial charge >= 0.3 is 0 Å². The fourth-order valence-electron chi connectivity index (χ4n) is 1.27. The number of aromatic hydroxyl groups is 1. The van der Waals surface area contributed by atoms with Crippen LogP contribution in [-0.4, -0.2) is 14.9 Å². The second-order valence-corrected chi connectivity index (χ2v) is 2.81. The Morgan fingerprint density at radius 1 is 1.70 bits per heavy atom. The van der Waals surface area contributed by atoms with E-state index >= 15 is 0 Å². The van der Waals surface area contributed by atoms with Crippen LogP contribution in [0.3, 0.4) is 0 Å². The van der Waals surface area contributed by atoms with Crippen LogP contribution in [0.15, 0.2) is 6.20 Å². The van der Waals surface area contributed by atoms with Crippen molar-refractivity contribution in [2.75, 3.05) is 0 Å². The lowest BCUT2D eigenvalue weighted by atomic mass is 10.3. The van der Waals surface area contributed by atoms with Crippen molar-refractivity contribution in [2.45, 2.75) is 18.8 Å². The highest BCUT2D eigenvalue weighted by atomic mass is 16.3. The predicted molar refractivity (Wildman–Crippen MR) is 36.8 cm³/mol. The Morgan fingerprint density at radius 3 is 2.80 bits per heavy atom. The maximum absolute atomic E-state index is 9.26. The highest BCUT2D eigenvalue weighted by Gasteiger charge is 2.29. The molecule has 1 fully saturated rings. The third-order valence-electron chi connectivity index (χ3n) is 1.93.